The lowest BCUT2D eigenvalue weighted by atomic mass is 9.53. The maximum Gasteiger partial charge on any atom is 0.332 e. The van der Waals surface area contributed by atoms with Gasteiger partial charge in [0.1, 0.15) is 0 Å². The zero-order valence-corrected chi connectivity index (χ0v) is 20.6. The Morgan fingerprint density at radius 2 is 1.78 bits per heavy atom. The van der Waals surface area contributed by atoms with E-state index in [-0.39, 0.29) is 40.8 Å². The molecule has 182 valence electrons. The number of hydrogen-bond acceptors (Lipinski definition) is 4. The van der Waals surface area contributed by atoms with Gasteiger partial charge in [0.05, 0.1) is 18.3 Å². The molecule has 4 saturated carbocycles. The number of aliphatic carboxylic acids is 1. The molecule has 5 heteroatoms. The van der Waals surface area contributed by atoms with Crippen molar-refractivity contribution in [3.8, 4) is 0 Å². The summed E-state index contributed by atoms with van der Waals surface area (Å²) in [5, 5.41) is 31.3. The van der Waals surface area contributed by atoms with Crippen LogP contribution in [-0.4, -0.2) is 45.7 Å². The van der Waals surface area contributed by atoms with Crippen molar-refractivity contribution in [3.63, 3.8) is 0 Å². The number of aliphatic hydroxyl groups is 2. The van der Waals surface area contributed by atoms with Gasteiger partial charge in [-0.05, 0) is 96.7 Å². The summed E-state index contributed by atoms with van der Waals surface area (Å²) in [6.07, 6.45) is 8.12. The van der Waals surface area contributed by atoms with Crippen molar-refractivity contribution in [1.82, 2.24) is 0 Å². The van der Waals surface area contributed by atoms with E-state index in [4.69, 9.17) is 4.74 Å². The normalized spacial score (nSPS) is 56.1. The molecule has 1 aliphatic heterocycles. The lowest BCUT2D eigenvalue weighted by molar-refractivity contribution is -0.178. The molecule has 1 spiro atoms. The third-order valence-electron chi connectivity index (χ3n) is 12.0. The van der Waals surface area contributed by atoms with Crippen molar-refractivity contribution >= 4 is 5.97 Å². The first-order chi connectivity index (χ1) is 14.9. The molecule has 3 N–H and O–H groups in total. The van der Waals surface area contributed by atoms with Gasteiger partial charge in [-0.1, -0.05) is 41.0 Å². The van der Waals surface area contributed by atoms with Crippen molar-refractivity contribution < 1.29 is 24.9 Å². The van der Waals surface area contributed by atoms with E-state index in [1.807, 2.05) is 0 Å². The topological polar surface area (TPSA) is 87.0 Å². The molecule has 0 amide bonds. The molecule has 4 aliphatic carbocycles. The third-order valence-corrected chi connectivity index (χ3v) is 12.0. The zero-order chi connectivity index (χ0) is 23.3. The molecule has 0 bridgehead atoms. The Morgan fingerprint density at radius 1 is 1.06 bits per heavy atom. The van der Waals surface area contributed by atoms with E-state index in [1.54, 1.807) is 0 Å². The summed E-state index contributed by atoms with van der Waals surface area (Å²) in [6, 6.07) is 0. The van der Waals surface area contributed by atoms with Gasteiger partial charge < -0.3 is 20.1 Å². The molecular weight excluding hydrogens is 404 g/mol. The van der Waals surface area contributed by atoms with Crippen LogP contribution < -0.4 is 0 Å². The maximum atomic E-state index is 11.6. The molecule has 5 rings (SSSR count). The van der Waals surface area contributed by atoms with Gasteiger partial charge in [0.15, 0.2) is 6.10 Å². The molecule has 1 heterocycles. The number of hydrogen-bond donors (Lipinski definition) is 3. The Kier molecular flexibility index (Phi) is 5.18. The summed E-state index contributed by atoms with van der Waals surface area (Å²) in [4.78, 5) is 11.6. The van der Waals surface area contributed by atoms with Crippen LogP contribution in [0.25, 0.3) is 0 Å². The summed E-state index contributed by atoms with van der Waals surface area (Å²) in [6.45, 7) is 11.2. The molecular formula is C27H44O5. The molecule has 32 heavy (non-hydrogen) atoms. The minimum Gasteiger partial charge on any atom is -0.479 e. The molecule has 0 radical (unpaired) electrons. The molecule has 5 nitrogen and oxygen atoms in total. The van der Waals surface area contributed by atoms with Gasteiger partial charge in [0.25, 0.3) is 0 Å². The number of carboxylic acid groups (broad SMARTS) is 1. The van der Waals surface area contributed by atoms with Crippen LogP contribution in [0.2, 0.25) is 0 Å². The first-order valence-corrected chi connectivity index (χ1v) is 13.1. The first-order valence-electron chi connectivity index (χ1n) is 13.1. The molecule has 8 unspecified atom stereocenters. The van der Waals surface area contributed by atoms with Gasteiger partial charge in [-0.2, -0.15) is 0 Å². The van der Waals surface area contributed by atoms with Gasteiger partial charge in [-0.15, -0.1) is 0 Å². The fourth-order valence-electron chi connectivity index (χ4n) is 9.88. The molecule has 1 saturated heterocycles. The van der Waals surface area contributed by atoms with Gasteiger partial charge in [0, 0.05) is 0 Å². The van der Waals surface area contributed by atoms with Crippen molar-refractivity contribution in [1.29, 1.82) is 0 Å². The lowest BCUT2D eigenvalue weighted by Crippen LogP contribution is -2.49. The summed E-state index contributed by atoms with van der Waals surface area (Å²) < 4.78 is 5.99. The summed E-state index contributed by atoms with van der Waals surface area (Å²) in [5.41, 5.74) is 0.778. The average Bonchev–Trinajstić information content (AvgIpc) is 3.37. The largest absolute Gasteiger partial charge is 0.479 e. The number of aliphatic hydroxyl groups excluding tert-OH is 2. The van der Waals surface area contributed by atoms with E-state index in [1.165, 1.54) is 38.5 Å². The second kappa shape index (κ2) is 7.18. The second-order valence-electron chi connectivity index (χ2n) is 13.4. The predicted octanol–water partition coefficient (Wildman–Crippen LogP) is 4.64. The highest BCUT2D eigenvalue weighted by molar-refractivity contribution is 5.72. The molecule has 0 aromatic carbocycles. The van der Waals surface area contributed by atoms with Crippen LogP contribution in [0, 0.1) is 45.3 Å². The SMILES string of the molecule is CC1[C@@H](O)C2OC(C(=O)O)C[C@@H](C)C2C1(C)CCC12CCC[C@H]3C(C)(C)C(O)CCC31C2. The van der Waals surface area contributed by atoms with Gasteiger partial charge in [0.2, 0.25) is 0 Å². The Balaban J connectivity index is 1.36. The van der Waals surface area contributed by atoms with Crippen molar-refractivity contribution in [2.75, 3.05) is 0 Å². The maximum absolute atomic E-state index is 11.6. The standard InChI is InChI=1S/C27H44O5/c1-15-13-17(23(30)31)32-22-20(15)25(5,16(2)21(22)29)11-12-26-9-6-7-18-24(3,4)19(28)8-10-27(18,26)14-26/h15-22,28-29H,6-14H2,1-5H3,(H,30,31)/t15-,16?,17?,18+,19?,20?,21-,22?,25?,26?,27?/m1/s1. The molecule has 5 fully saturated rings. The predicted molar refractivity (Wildman–Crippen MR) is 122 cm³/mol. The second-order valence-corrected chi connectivity index (χ2v) is 13.4. The molecule has 0 aromatic rings. The van der Waals surface area contributed by atoms with Crippen LogP contribution in [0.5, 0.6) is 0 Å². The highest BCUT2D eigenvalue weighted by Crippen LogP contribution is 2.81. The monoisotopic (exact) mass is 448 g/mol. The van der Waals surface area contributed by atoms with E-state index in [0.29, 0.717) is 23.2 Å². The fourth-order valence-corrected chi connectivity index (χ4v) is 9.88. The van der Waals surface area contributed by atoms with Crippen LogP contribution in [0.15, 0.2) is 0 Å². The Bertz CT molecular complexity index is 780. The first kappa shape index (κ1) is 23.1. The van der Waals surface area contributed by atoms with Gasteiger partial charge >= 0.3 is 5.97 Å². The highest BCUT2D eigenvalue weighted by atomic mass is 16.5. The minimum atomic E-state index is -0.905. The summed E-state index contributed by atoms with van der Waals surface area (Å²) in [5.74, 6) is 0.250. The molecule has 11 atom stereocenters. The average molecular weight is 449 g/mol. The Labute approximate surface area is 193 Å². The van der Waals surface area contributed by atoms with Crippen LogP contribution in [0.3, 0.4) is 0 Å². The van der Waals surface area contributed by atoms with Crippen LogP contribution >= 0.6 is 0 Å². The zero-order valence-electron chi connectivity index (χ0n) is 20.6. The molecule has 0 aromatic heterocycles. The molecule has 5 aliphatic rings. The number of fused-ring (bicyclic) bond motifs is 1. The van der Waals surface area contributed by atoms with E-state index in [2.05, 4.69) is 34.6 Å². The van der Waals surface area contributed by atoms with Crippen molar-refractivity contribution in [2.24, 2.45) is 45.3 Å². The van der Waals surface area contributed by atoms with Crippen LogP contribution in [0.4, 0.5) is 0 Å². The summed E-state index contributed by atoms with van der Waals surface area (Å²) >= 11 is 0. The van der Waals surface area contributed by atoms with Crippen LogP contribution in [0.1, 0.15) is 92.4 Å². The highest BCUT2D eigenvalue weighted by Gasteiger charge is 2.74. The third kappa shape index (κ3) is 2.89. The smallest absolute Gasteiger partial charge is 0.332 e. The van der Waals surface area contributed by atoms with E-state index in [0.717, 1.165) is 12.8 Å². The van der Waals surface area contributed by atoms with Gasteiger partial charge in [-0.25, -0.2) is 4.79 Å². The lowest BCUT2D eigenvalue weighted by Gasteiger charge is -2.53. The van der Waals surface area contributed by atoms with Crippen molar-refractivity contribution in [2.45, 2.75) is 117 Å². The van der Waals surface area contributed by atoms with Crippen LogP contribution in [-0.2, 0) is 9.53 Å². The van der Waals surface area contributed by atoms with Gasteiger partial charge in [-0.3, -0.25) is 0 Å². The Hall–Kier alpha value is -0.650. The number of ether oxygens (including phenoxy) is 1. The summed E-state index contributed by atoms with van der Waals surface area (Å²) in [7, 11) is 0. The number of carboxylic acids is 1. The van der Waals surface area contributed by atoms with E-state index < -0.39 is 18.2 Å². The Morgan fingerprint density at radius 3 is 2.47 bits per heavy atom. The number of rotatable bonds is 4. The minimum absolute atomic E-state index is 0.00380. The van der Waals surface area contributed by atoms with E-state index >= 15 is 0 Å². The van der Waals surface area contributed by atoms with Crippen molar-refractivity contribution in [3.05, 3.63) is 0 Å². The number of carbonyl (C=O) groups is 1. The fraction of sp³-hybridized carbons (Fsp3) is 0.963. The van der Waals surface area contributed by atoms with E-state index in [9.17, 15) is 20.1 Å². The quantitative estimate of drug-likeness (QED) is 0.583.